The molecule has 5 heteroatoms. The quantitative estimate of drug-likeness (QED) is 0.628. The number of aromatic hydroxyl groups is 1. The Kier molecular flexibility index (Phi) is 3.41. The molecule has 0 aliphatic rings. The summed E-state index contributed by atoms with van der Waals surface area (Å²) in [6.07, 6.45) is 0.738. The number of carbonyl (C=O) groups is 1. The highest BCUT2D eigenvalue weighted by Gasteiger charge is 2.16. The van der Waals surface area contributed by atoms with E-state index < -0.39 is 17.4 Å². The molecule has 0 bridgehead atoms. The summed E-state index contributed by atoms with van der Waals surface area (Å²) < 4.78 is 25.9. The van der Waals surface area contributed by atoms with E-state index in [-0.39, 0.29) is 23.4 Å². The highest BCUT2D eigenvalue weighted by molar-refractivity contribution is 6.32. The normalized spacial score (nSPS) is 10.2. The van der Waals surface area contributed by atoms with Gasteiger partial charge in [-0.15, -0.1) is 0 Å². The van der Waals surface area contributed by atoms with Crippen LogP contribution >= 0.6 is 11.6 Å². The molecule has 2 nitrogen and oxygen atoms in total. The van der Waals surface area contributed by atoms with E-state index in [1.165, 1.54) is 0 Å². The van der Waals surface area contributed by atoms with Gasteiger partial charge in [0.05, 0.1) is 5.02 Å². The lowest BCUT2D eigenvalue weighted by Crippen LogP contribution is -1.96. The minimum Gasteiger partial charge on any atom is -0.504 e. The molecule has 0 atom stereocenters. The first kappa shape index (κ1) is 10.9. The van der Waals surface area contributed by atoms with Gasteiger partial charge in [-0.3, -0.25) is 0 Å². The van der Waals surface area contributed by atoms with Gasteiger partial charge < -0.3 is 9.90 Å². The predicted molar refractivity (Wildman–Crippen MR) is 47.4 cm³/mol. The summed E-state index contributed by atoms with van der Waals surface area (Å²) in [6.45, 7) is 0. The first-order valence-electron chi connectivity index (χ1n) is 3.87. The lowest BCUT2D eigenvalue weighted by molar-refractivity contribution is -0.107. The molecule has 0 aromatic heterocycles. The van der Waals surface area contributed by atoms with Crippen LogP contribution in [-0.4, -0.2) is 11.4 Å². The predicted octanol–water partition coefficient (Wildman–Crippen LogP) is 2.46. The number of rotatable bonds is 3. The first-order valence-corrected chi connectivity index (χ1v) is 4.24. The van der Waals surface area contributed by atoms with Crippen molar-refractivity contribution in [2.75, 3.05) is 0 Å². The molecule has 0 heterocycles. The average molecular weight is 221 g/mol. The minimum atomic E-state index is -1.38. The summed E-state index contributed by atoms with van der Waals surface area (Å²) in [5, 5.41) is 8.66. The van der Waals surface area contributed by atoms with Gasteiger partial charge in [0.25, 0.3) is 0 Å². The molecular formula is C9H7ClF2O2. The summed E-state index contributed by atoms with van der Waals surface area (Å²) in [4.78, 5) is 10.0. The monoisotopic (exact) mass is 220 g/mol. The van der Waals surface area contributed by atoms with Crippen LogP contribution in [-0.2, 0) is 11.2 Å². The van der Waals surface area contributed by atoms with E-state index in [1.54, 1.807) is 0 Å². The van der Waals surface area contributed by atoms with Crippen molar-refractivity contribution in [1.29, 1.82) is 0 Å². The number of carbonyl (C=O) groups excluding carboxylic acids is 1. The Balaban J connectivity index is 3.12. The molecule has 0 aliphatic carbocycles. The number of hydrogen-bond acceptors (Lipinski definition) is 2. The highest BCUT2D eigenvalue weighted by atomic mass is 35.5. The first-order chi connectivity index (χ1) is 6.57. The lowest BCUT2D eigenvalue weighted by atomic mass is 10.1. The number of phenols is 1. The van der Waals surface area contributed by atoms with Gasteiger partial charge in [0.15, 0.2) is 11.6 Å². The number of phenolic OH excluding ortho intramolecular Hbond substituents is 1. The van der Waals surface area contributed by atoms with Gasteiger partial charge in [-0.2, -0.15) is 4.39 Å². The lowest BCUT2D eigenvalue weighted by Gasteiger charge is -2.05. The van der Waals surface area contributed by atoms with Crippen LogP contribution < -0.4 is 0 Å². The summed E-state index contributed by atoms with van der Waals surface area (Å²) >= 11 is 5.43. The topological polar surface area (TPSA) is 37.3 Å². The van der Waals surface area contributed by atoms with Crippen LogP contribution in [0.2, 0.25) is 5.02 Å². The van der Waals surface area contributed by atoms with E-state index in [0.29, 0.717) is 6.29 Å². The van der Waals surface area contributed by atoms with Crippen molar-refractivity contribution < 1.29 is 18.7 Å². The number of halogens is 3. The van der Waals surface area contributed by atoms with Crippen LogP contribution in [0.3, 0.4) is 0 Å². The maximum Gasteiger partial charge on any atom is 0.202 e. The van der Waals surface area contributed by atoms with Crippen molar-refractivity contribution in [1.82, 2.24) is 0 Å². The molecule has 0 unspecified atom stereocenters. The van der Waals surface area contributed by atoms with Crippen molar-refractivity contribution in [3.05, 3.63) is 28.3 Å². The van der Waals surface area contributed by atoms with Crippen molar-refractivity contribution in [2.45, 2.75) is 12.8 Å². The van der Waals surface area contributed by atoms with Gasteiger partial charge in [-0.05, 0) is 18.1 Å². The Morgan fingerprint density at radius 2 is 2.07 bits per heavy atom. The van der Waals surface area contributed by atoms with Crippen molar-refractivity contribution >= 4 is 17.9 Å². The second-order valence-electron chi connectivity index (χ2n) is 2.70. The van der Waals surface area contributed by atoms with E-state index in [0.717, 1.165) is 6.07 Å². The van der Waals surface area contributed by atoms with Gasteiger partial charge in [-0.1, -0.05) is 11.6 Å². The summed E-state index contributed by atoms with van der Waals surface area (Å²) in [5.74, 6) is -3.44. The molecule has 1 rings (SSSR count). The molecule has 0 aliphatic heterocycles. The SMILES string of the molecule is O=CCCc1cc(Cl)c(O)c(F)c1F. The molecule has 76 valence electrons. The van der Waals surface area contributed by atoms with Gasteiger partial charge in [0, 0.05) is 6.42 Å². The molecule has 0 saturated heterocycles. The van der Waals surface area contributed by atoms with Gasteiger partial charge in [-0.25, -0.2) is 4.39 Å². The fraction of sp³-hybridized carbons (Fsp3) is 0.222. The minimum absolute atomic E-state index is 0.0163. The summed E-state index contributed by atoms with van der Waals surface area (Å²) in [7, 11) is 0. The molecular weight excluding hydrogens is 214 g/mol. The standard InChI is InChI=1S/C9H7ClF2O2/c10-6-4-5(2-1-3-13)7(11)8(12)9(6)14/h3-4,14H,1-2H2. The number of hydrogen-bond donors (Lipinski definition) is 1. The van der Waals surface area contributed by atoms with Gasteiger partial charge in [0.2, 0.25) is 5.82 Å². The third-order valence-electron chi connectivity index (χ3n) is 1.74. The molecule has 0 fully saturated rings. The number of benzene rings is 1. The van der Waals surface area contributed by atoms with Crippen molar-refractivity contribution in [2.24, 2.45) is 0 Å². The highest BCUT2D eigenvalue weighted by Crippen LogP contribution is 2.30. The molecule has 14 heavy (non-hydrogen) atoms. The van der Waals surface area contributed by atoms with Crippen LogP contribution in [0.25, 0.3) is 0 Å². The Hall–Kier alpha value is -1.16. The number of aryl methyl sites for hydroxylation is 1. The zero-order valence-corrected chi connectivity index (χ0v) is 7.81. The molecule has 1 aromatic rings. The number of aldehydes is 1. The Morgan fingerprint density at radius 3 is 2.64 bits per heavy atom. The fourth-order valence-corrected chi connectivity index (χ4v) is 1.25. The molecule has 1 aromatic carbocycles. The van der Waals surface area contributed by atoms with E-state index >= 15 is 0 Å². The Bertz CT molecular complexity index is 366. The van der Waals surface area contributed by atoms with E-state index in [1.807, 2.05) is 0 Å². The molecule has 0 amide bonds. The smallest absolute Gasteiger partial charge is 0.202 e. The largest absolute Gasteiger partial charge is 0.504 e. The van der Waals surface area contributed by atoms with Crippen molar-refractivity contribution in [3.63, 3.8) is 0 Å². The molecule has 1 N–H and O–H groups in total. The maximum atomic E-state index is 13.1. The summed E-state index contributed by atoms with van der Waals surface area (Å²) in [6, 6.07) is 1.11. The molecule has 0 radical (unpaired) electrons. The second-order valence-corrected chi connectivity index (χ2v) is 3.11. The zero-order chi connectivity index (χ0) is 10.7. The van der Waals surface area contributed by atoms with Crippen LogP contribution in [0, 0.1) is 11.6 Å². The Morgan fingerprint density at radius 1 is 1.43 bits per heavy atom. The van der Waals surface area contributed by atoms with Crippen molar-refractivity contribution in [3.8, 4) is 5.75 Å². The maximum absolute atomic E-state index is 13.1. The fourth-order valence-electron chi connectivity index (χ4n) is 1.03. The third kappa shape index (κ3) is 2.01. The van der Waals surface area contributed by atoms with Gasteiger partial charge in [0.1, 0.15) is 6.29 Å². The van der Waals surface area contributed by atoms with Crippen LogP contribution in [0.5, 0.6) is 5.75 Å². The van der Waals surface area contributed by atoms with Crippen LogP contribution in [0.15, 0.2) is 6.07 Å². The van der Waals surface area contributed by atoms with Crippen LogP contribution in [0.4, 0.5) is 8.78 Å². The summed E-state index contributed by atoms with van der Waals surface area (Å²) in [5.41, 5.74) is -0.0163. The third-order valence-corrected chi connectivity index (χ3v) is 2.03. The van der Waals surface area contributed by atoms with E-state index in [2.05, 4.69) is 0 Å². The molecule has 0 saturated carbocycles. The zero-order valence-electron chi connectivity index (χ0n) is 7.06. The Labute approximate surface area is 84.1 Å². The van der Waals surface area contributed by atoms with Crippen LogP contribution in [0.1, 0.15) is 12.0 Å². The molecule has 0 spiro atoms. The van der Waals surface area contributed by atoms with E-state index in [4.69, 9.17) is 16.7 Å². The van der Waals surface area contributed by atoms with Gasteiger partial charge >= 0.3 is 0 Å². The van der Waals surface area contributed by atoms with E-state index in [9.17, 15) is 13.6 Å². The average Bonchev–Trinajstić information content (AvgIpc) is 2.18. The second kappa shape index (κ2) is 4.37.